The van der Waals surface area contributed by atoms with Crippen LogP contribution >= 0.6 is 0 Å². The van der Waals surface area contributed by atoms with Crippen LogP contribution in [0.5, 0.6) is 0 Å². The molecule has 0 saturated carbocycles. The average molecular weight is 235 g/mol. The van der Waals surface area contributed by atoms with Gasteiger partial charge in [0.1, 0.15) is 0 Å². The number of morpholine rings is 1. The molecule has 1 aromatic rings. The molecule has 0 N–H and O–H groups in total. The lowest BCUT2D eigenvalue weighted by atomic mass is 10.2. The van der Waals surface area contributed by atoms with Crippen LogP contribution in [-0.4, -0.2) is 44.4 Å². The molecule has 0 radical (unpaired) electrons. The van der Waals surface area contributed by atoms with Crippen LogP contribution in [0.4, 0.5) is 0 Å². The Balaban J connectivity index is 1.60. The van der Waals surface area contributed by atoms with Crippen LogP contribution < -0.4 is 0 Å². The number of nitrogens with zero attached hydrogens (tertiary/aromatic N) is 1. The summed E-state index contributed by atoms with van der Waals surface area (Å²) < 4.78 is 11.0. The minimum absolute atomic E-state index is 0.713. The second kappa shape index (κ2) is 6.74. The number of hydrogen-bond donors (Lipinski definition) is 0. The molecule has 1 aliphatic heterocycles. The summed E-state index contributed by atoms with van der Waals surface area (Å²) in [7, 11) is 0. The van der Waals surface area contributed by atoms with Crippen molar-refractivity contribution in [2.45, 2.75) is 13.5 Å². The first kappa shape index (κ1) is 12.6. The summed E-state index contributed by atoms with van der Waals surface area (Å²) in [6.45, 7) is 8.41. The minimum atomic E-state index is 0.713. The third-order valence-corrected chi connectivity index (χ3v) is 3.04. The Labute approximate surface area is 103 Å². The Kier molecular flexibility index (Phi) is 4.98. The van der Waals surface area contributed by atoms with Crippen LogP contribution in [0.15, 0.2) is 24.3 Å². The Morgan fingerprint density at radius 3 is 2.59 bits per heavy atom. The molecule has 3 nitrogen and oxygen atoms in total. The van der Waals surface area contributed by atoms with Crippen LogP contribution in [0.1, 0.15) is 11.1 Å². The maximum absolute atomic E-state index is 5.68. The third kappa shape index (κ3) is 4.46. The van der Waals surface area contributed by atoms with Crippen molar-refractivity contribution in [3.63, 3.8) is 0 Å². The molecule has 0 amide bonds. The Morgan fingerprint density at radius 2 is 1.88 bits per heavy atom. The molecule has 0 aromatic heterocycles. The van der Waals surface area contributed by atoms with Gasteiger partial charge in [-0.1, -0.05) is 29.8 Å². The van der Waals surface area contributed by atoms with E-state index in [-0.39, 0.29) is 0 Å². The number of aryl methyl sites for hydroxylation is 1. The molecule has 94 valence electrons. The van der Waals surface area contributed by atoms with Crippen LogP contribution in [0.3, 0.4) is 0 Å². The molecule has 0 spiro atoms. The second-order valence-corrected chi connectivity index (χ2v) is 4.49. The smallest absolute Gasteiger partial charge is 0.0717 e. The van der Waals surface area contributed by atoms with E-state index in [0.717, 1.165) is 39.5 Å². The number of benzene rings is 1. The van der Waals surface area contributed by atoms with E-state index in [9.17, 15) is 0 Å². The maximum Gasteiger partial charge on any atom is 0.0717 e. The predicted octanol–water partition coefficient (Wildman–Crippen LogP) is 1.84. The van der Waals surface area contributed by atoms with Crippen molar-refractivity contribution >= 4 is 0 Å². The van der Waals surface area contributed by atoms with Gasteiger partial charge in [0.25, 0.3) is 0 Å². The highest BCUT2D eigenvalue weighted by Gasteiger charge is 2.09. The largest absolute Gasteiger partial charge is 0.379 e. The average Bonchev–Trinajstić information content (AvgIpc) is 2.38. The van der Waals surface area contributed by atoms with Gasteiger partial charge < -0.3 is 9.47 Å². The van der Waals surface area contributed by atoms with E-state index in [1.807, 2.05) is 0 Å². The normalized spacial score (nSPS) is 17.2. The molecule has 0 aliphatic carbocycles. The molecule has 0 unspecified atom stereocenters. The highest BCUT2D eigenvalue weighted by molar-refractivity contribution is 5.20. The van der Waals surface area contributed by atoms with Crippen molar-refractivity contribution in [2.75, 3.05) is 39.5 Å². The van der Waals surface area contributed by atoms with Gasteiger partial charge in [-0.05, 0) is 12.5 Å². The van der Waals surface area contributed by atoms with Gasteiger partial charge in [-0.25, -0.2) is 0 Å². The van der Waals surface area contributed by atoms with E-state index in [2.05, 4.69) is 36.1 Å². The van der Waals surface area contributed by atoms with Gasteiger partial charge in [0.2, 0.25) is 0 Å². The first-order valence-electron chi connectivity index (χ1n) is 6.28. The molecule has 1 aromatic carbocycles. The molecule has 2 rings (SSSR count). The van der Waals surface area contributed by atoms with Crippen molar-refractivity contribution < 1.29 is 9.47 Å². The zero-order valence-electron chi connectivity index (χ0n) is 10.5. The topological polar surface area (TPSA) is 21.7 Å². The van der Waals surface area contributed by atoms with Crippen molar-refractivity contribution in [1.29, 1.82) is 0 Å². The molecule has 1 heterocycles. The van der Waals surface area contributed by atoms with Crippen LogP contribution in [0.25, 0.3) is 0 Å². The standard InChI is InChI=1S/C14H21NO2/c1-13-2-4-14(5-3-13)12-17-11-8-15-6-9-16-10-7-15/h2-5H,6-12H2,1H3. The zero-order chi connectivity index (χ0) is 11.9. The first-order valence-corrected chi connectivity index (χ1v) is 6.28. The molecule has 1 saturated heterocycles. The van der Waals surface area contributed by atoms with Crippen molar-refractivity contribution in [3.8, 4) is 0 Å². The monoisotopic (exact) mass is 235 g/mol. The van der Waals surface area contributed by atoms with Gasteiger partial charge in [0.15, 0.2) is 0 Å². The summed E-state index contributed by atoms with van der Waals surface area (Å²) in [5, 5.41) is 0. The number of rotatable bonds is 5. The van der Waals surface area contributed by atoms with E-state index in [1.165, 1.54) is 11.1 Å². The molecular weight excluding hydrogens is 214 g/mol. The fourth-order valence-electron chi connectivity index (χ4n) is 1.89. The first-order chi connectivity index (χ1) is 8.34. The van der Waals surface area contributed by atoms with E-state index >= 15 is 0 Å². The molecule has 0 bridgehead atoms. The Bertz CT molecular complexity index is 317. The molecule has 1 fully saturated rings. The third-order valence-electron chi connectivity index (χ3n) is 3.04. The number of hydrogen-bond acceptors (Lipinski definition) is 3. The quantitative estimate of drug-likeness (QED) is 0.727. The summed E-state index contributed by atoms with van der Waals surface area (Å²) in [6.07, 6.45) is 0. The molecule has 17 heavy (non-hydrogen) atoms. The lowest BCUT2D eigenvalue weighted by Gasteiger charge is -2.26. The van der Waals surface area contributed by atoms with Gasteiger partial charge in [-0.15, -0.1) is 0 Å². The van der Waals surface area contributed by atoms with Crippen molar-refractivity contribution in [1.82, 2.24) is 4.90 Å². The van der Waals surface area contributed by atoms with E-state index in [4.69, 9.17) is 9.47 Å². The summed E-state index contributed by atoms with van der Waals surface area (Å²) in [5.41, 5.74) is 2.54. The summed E-state index contributed by atoms with van der Waals surface area (Å²) in [5.74, 6) is 0. The lowest BCUT2D eigenvalue weighted by molar-refractivity contribution is 0.0180. The Morgan fingerprint density at radius 1 is 1.18 bits per heavy atom. The SMILES string of the molecule is Cc1ccc(COCCN2CCOCC2)cc1. The van der Waals surface area contributed by atoms with E-state index in [0.29, 0.717) is 6.61 Å². The minimum Gasteiger partial charge on any atom is -0.379 e. The van der Waals surface area contributed by atoms with Crippen molar-refractivity contribution in [2.24, 2.45) is 0 Å². The van der Waals surface area contributed by atoms with Crippen molar-refractivity contribution in [3.05, 3.63) is 35.4 Å². The van der Waals surface area contributed by atoms with Gasteiger partial charge in [-0.2, -0.15) is 0 Å². The van der Waals surface area contributed by atoms with Crippen LogP contribution in [0.2, 0.25) is 0 Å². The fourth-order valence-corrected chi connectivity index (χ4v) is 1.89. The highest BCUT2D eigenvalue weighted by atomic mass is 16.5. The van der Waals surface area contributed by atoms with E-state index < -0.39 is 0 Å². The van der Waals surface area contributed by atoms with Gasteiger partial charge in [0, 0.05) is 19.6 Å². The second-order valence-electron chi connectivity index (χ2n) is 4.49. The van der Waals surface area contributed by atoms with Crippen LogP contribution in [-0.2, 0) is 16.1 Å². The summed E-state index contributed by atoms with van der Waals surface area (Å²) in [4.78, 5) is 2.39. The van der Waals surface area contributed by atoms with Crippen LogP contribution in [0, 0.1) is 6.92 Å². The molecule has 0 atom stereocenters. The van der Waals surface area contributed by atoms with Gasteiger partial charge in [-0.3, -0.25) is 4.90 Å². The fraction of sp³-hybridized carbons (Fsp3) is 0.571. The summed E-state index contributed by atoms with van der Waals surface area (Å²) in [6, 6.07) is 8.51. The van der Waals surface area contributed by atoms with E-state index in [1.54, 1.807) is 0 Å². The predicted molar refractivity (Wildman–Crippen MR) is 68.1 cm³/mol. The Hall–Kier alpha value is -0.900. The highest BCUT2D eigenvalue weighted by Crippen LogP contribution is 2.04. The van der Waals surface area contributed by atoms with Gasteiger partial charge >= 0.3 is 0 Å². The molecule has 1 aliphatic rings. The zero-order valence-corrected chi connectivity index (χ0v) is 10.5. The number of ether oxygens (including phenoxy) is 2. The molecule has 3 heteroatoms. The summed E-state index contributed by atoms with van der Waals surface area (Å²) >= 11 is 0. The molecular formula is C14H21NO2. The van der Waals surface area contributed by atoms with Gasteiger partial charge in [0.05, 0.1) is 26.4 Å². The lowest BCUT2D eigenvalue weighted by Crippen LogP contribution is -2.38. The maximum atomic E-state index is 5.68.